The van der Waals surface area contributed by atoms with Crippen molar-refractivity contribution in [3.63, 3.8) is 0 Å². The summed E-state index contributed by atoms with van der Waals surface area (Å²) in [6.07, 6.45) is 26.7. The van der Waals surface area contributed by atoms with E-state index in [0.29, 0.717) is 0 Å². The summed E-state index contributed by atoms with van der Waals surface area (Å²) >= 11 is 0. The largest absolute Gasteiger partial charge is 0.330 e. The average Bonchev–Trinajstić information content (AvgIpc) is 2.63. The standard InChI is InChI=1S/C23H50N2/c1-2-3-4-5-6-10-13-16-19-22-25-23-20-17-14-11-8-7-9-12-15-18-21-24/h25H,2-24H2,1H3. The Balaban J connectivity index is 2.94. The van der Waals surface area contributed by atoms with Gasteiger partial charge in [-0.3, -0.25) is 0 Å². The summed E-state index contributed by atoms with van der Waals surface area (Å²) < 4.78 is 0. The van der Waals surface area contributed by atoms with Crippen LogP contribution in [0.1, 0.15) is 129 Å². The van der Waals surface area contributed by atoms with E-state index in [1.54, 1.807) is 0 Å². The van der Waals surface area contributed by atoms with Crippen molar-refractivity contribution < 1.29 is 0 Å². The lowest BCUT2D eigenvalue weighted by Gasteiger charge is -2.05. The van der Waals surface area contributed by atoms with Crippen LogP contribution in [0.2, 0.25) is 0 Å². The molecule has 25 heavy (non-hydrogen) atoms. The molecule has 0 aromatic carbocycles. The molecule has 0 aliphatic carbocycles. The molecule has 0 heterocycles. The highest BCUT2D eigenvalue weighted by atomic mass is 14.8. The first-order valence-corrected chi connectivity index (χ1v) is 11.8. The Labute approximate surface area is 160 Å². The second-order valence-electron chi connectivity index (χ2n) is 7.90. The molecule has 0 radical (unpaired) electrons. The molecule has 0 fully saturated rings. The van der Waals surface area contributed by atoms with Crippen LogP contribution in [0.5, 0.6) is 0 Å². The minimum absolute atomic E-state index is 0.868. The van der Waals surface area contributed by atoms with Gasteiger partial charge in [0, 0.05) is 0 Å². The van der Waals surface area contributed by atoms with E-state index in [9.17, 15) is 0 Å². The highest BCUT2D eigenvalue weighted by Gasteiger charge is 1.94. The molecule has 0 rings (SSSR count). The molecule has 0 saturated heterocycles. The summed E-state index contributed by atoms with van der Waals surface area (Å²) in [4.78, 5) is 0. The van der Waals surface area contributed by atoms with Gasteiger partial charge >= 0.3 is 0 Å². The van der Waals surface area contributed by atoms with Crippen molar-refractivity contribution in [1.29, 1.82) is 0 Å². The van der Waals surface area contributed by atoms with Crippen molar-refractivity contribution in [2.24, 2.45) is 5.73 Å². The fraction of sp³-hybridized carbons (Fsp3) is 1.00. The van der Waals surface area contributed by atoms with Gasteiger partial charge in [-0.1, -0.05) is 110 Å². The van der Waals surface area contributed by atoms with Crippen LogP contribution >= 0.6 is 0 Å². The minimum Gasteiger partial charge on any atom is -0.330 e. The van der Waals surface area contributed by atoms with Crippen molar-refractivity contribution in [2.75, 3.05) is 19.6 Å². The number of nitrogens with two attached hydrogens (primary N) is 1. The van der Waals surface area contributed by atoms with E-state index < -0.39 is 0 Å². The van der Waals surface area contributed by atoms with E-state index >= 15 is 0 Å². The van der Waals surface area contributed by atoms with E-state index in [1.807, 2.05) is 0 Å². The van der Waals surface area contributed by atoms with Crippen LogP contribution in [0.25, 0.3) is 0 Å². The third-order valence-corrected chi connectivity index (χ3v) is 5.26. The Morgan fingerprint density at radius 2 is 0.760 bits per heavy atom. The number of hydrogen-bond donors (Lipinski definition) is 2. The zero-order chi connectivity index (χ0) is 18.3. The van der Waals surface area contributed by atoms with Crippen molar-refractivity contribution in [3.05, 3.63) is 0 Å². The zero-order valence-electron chi connectivity index (χ0n) is 17.6. The maximum absolute atomic E-state index is 5.51. The van der Waals surface area contributed by atoms with Crippen LogP contribution in [-0.4, -0.2) is 19.6 Å². The van der Waals surface area contributed by atoms with Crippen LogP contribution in [0.15, 0.2) is 0 Å². The lowest BCUT2D eigenvalue weighted by atomic mass is 10.1. The first-order chi connectivity index (χ1) is 12.4. The molecule has 0 amide bonds. The Kier molecular flexibility index (Phi) is 23.8. The molecule has 0 aliphatic rings. The van der Waals surface area contributed by atoms with Gasteiger partial charge in [-0.25, -0.2) is 0 Å². The van der Waals surface area contributed by atoms with E-state index in [-0.39, 0.29) is 0 Å². The van der Waals surface area contributed by atoms with Gasteiger partial charge in [0.05, 0.1) is 0 Å². The molecule has 0 bridgehead atoms. The van der Waals surface area contributed by atoms with Gasteiger partial charge in [-0.05, 0) is 38.9 Å². The number of hydrogen-bond acceptors (Lipinski definition) is 2. The van der Waals surface area contributed by atoms with E-state index in [2.05, 4.69) is 12.2 Å². The number of rotatable bonds is 22. The van der Waals surface area contributed by atoms with Gasteiger partial charge in [0.25, 0.3) is 0 Å². The molecule has 2 nitrogen and oxygen atoms in total. The lowest BCUT2D eigenvalue weighted by Crippen LogP contribution is -2.16. The molecule has 0 unspecified atom stereocenters. The maximum atomic E-state index is 5.51. The van der Waals surface area contributed by atoms with E-state index in [4.69, 9.17) is 5.73 Å². The second-order valence-corrected chi connectivity index (χ2v) is 7.90. The SMILES string of the molecule is CCCCCCCCCCCNCCCCCCCCCCCCN. The van der Waals surface area contributed by atoms with Crippen molar-refractivity contribution in [2.45, 2.75) is 129 Å². The maximum Gasteiger partial charge on any atom is -0.00489 e. The molecule has 0 aromatic rings. The summed E-state index contributed by atoms with van der Waals surface area (Å²) in [5.41, 5.74) is 5.51. The fourth-order valence-corrected chi connectivity index (χ4v) is 3.49. The van der Waals surface area contributed by atoms with Crippen LogP contribution in [-0.2, 0) is 0 Å². The lowest BCUT2D eigenvalue weighted by molar-refractivity contribution is 0.526. The van der Waals surface area contributed by atoms with Gasteiger partial charge in [0.2, 0.25) is 0 Å². The smallest absolute Gasteiger partial charge is 0.00489 e. The van der Waals surface area contributed by atoms with Crippen molar-refractivity contribution in [3.8, 4) is 0 Å². The van der Waals surface area contributed by atoms with Crippen molar-refractivity contribution >= 4 is 0 Å². The molecule has 0 spiro atoms. The van der Waals surface area contributed by atoms with Crippen molar-refractivity contribution in [1.82, 2.24) is 5.32 Å². The molecular weight excluding hydrogens is 304 g/mol. The van der Waals surface area contributed by atoms with Crippen LogP contribution in [0, 0.1) is 0 Å². The summed E-state index contributed by atoms with van der Waals surface area (Å²) in [5, 5.41) is 3.62. The predicted octanol–water partition coefficient (Wildman–Crippen LogP) is 6.97. The first kappa shape index (κ1) is 24.9. The monoisotopic (exact) mass is 354 g/mol. The zero-order valence-corrected chi connectivity index (χ0v) is 17.6. The van der Waals surface area contributed by atoms with Crippen LogP contribution in [0.3, 0.4) is 0 Å². The Hall–Kier alpha value is -0.0800. The Morgan fingerprint density at radius 1 is 0.440 bits per heavy atom. The molecular formula is C23H50N2. The topological polar surface area (TPSA) is 38.0 Å². The van der Waals surface area contributed by atoms with E-state index in [0.717, 1.165) is 6.54 Å². The first-order valence-electron chi connectivity index (χ1n) is 11.8. The van der Waals surface area contributed by atoms with Gasteiger partial charge in [-0.2, -0.15) is 0 Å². The van der Waals surface area contributed by atoms with Crippen LogP contribution < -0.4 is 11.1 Å². The van der Waals surface area contributed by atoms with Gasteiger partial charge in [0.15, 0.2) is 0 Å². The van der Waals surface area contributed by atoms with E-state index in [1.165, 1.54) is 135 Å². The quantitative estimate of drug-likeness (QED) is 0.206. The third-order valence-electron chi connectivity index (χ3n) is 5.26. The number of nitrogens with one attached hydrogen (secondary N) is 1. The minimum atomic E-state index is 0.868. The predicted molar refractivity (Wildman–Crippen MR) is 115 cm³/mol. The van der Waals surface area contributed by atoms with Gasteiger partial charge in [0.1, 0.15) is 0 Å². The third kappa shape index (κ3) is 23.9. The Bertz CT molecular complexity index is 196. The molecule has 152 valence electrons. The molecule has 3 N–H and O–H groups in total. The highest BCUT2D eigenvalue weighted by molar-refractivity contribution is 4.53. The average molecular weight is 355 g/mol. The van der Waals surface area contributed by atoms with Crippen LogP contribution in [0.4, 0.5) is 0 Å². The molecule has 0 saturated carbocycles. The fourth-order valence-electron chi connectivity index (χ4n) is 3.49. The summed E-state index contributed by atoms with van der Waals surface area (Å²) in [6.45, 7) is 5.63. The summed E-state index contributed by atoms with van der Waals surface area (Å²) in [5.74, 6) is 0. The number of unbranched alkanes of at least 4 members (excludes halogenated alkanes) is 17. The molecule has 0 aromatic heterocycles. The highest BCUT2D eigenvalue weighted by Crippen LogP contribution is 2.11. The normalized spacial score (nSPS) is 11.3. The molecule has 2 heteroatoms. The van der Waals surface area contributed by atoms with Gasteiger partial charge < -0.3 is 11.1 Å². The van der Waals surface area contributed by atoms with Gasteiger partial charge in [-0.15, -0.1) is 0 Å². The molecule has 0 atom stereocenters. The Morgan fingerprint density at radius 3 is 1.12 bits per heavy atom. The summed E-state index contributed by atoms with van der Waals surface area (Å²) in [7, 11) is 0. The molecule has 0 aliphatic heterocycles. The second kappa shape index (κ2) is 23.9. The summed E-state index contributed by atoms with van der Waals surface area (Å²) in [6, 6.07) is 0.